The number of hydrogen-bond donors (Lipinski definition) is 1. The van der Waals surface area contributed by atoms with Crippen LogP contribution in [0.1, 0.15) is 22.8 Å². The number of carbonyl (C=O) groups excluding carboxylic acids is 1. The fourth-order valence-corrected chi connectivity index (χ4v) is 2.14. The van der Waals surface area contributed by atoms with Crippen LogP contribution in [0.4, 0.5) is 5.82 Å². The van der Waals surface area contributed by atoms with E-state index in [1.807, 2.05) is 32.0 Å². The second-order valence-electron chi connectivity index (χ2n) is 4.78. The lowest BCUT2D eigenvalue weighted by molar-refractivity contribution is 0.102. The zero-order valence-corrected chi connectivity index (χ0v) is 11.9. The topological polar surface area (TPSA) is 72.7 Å². The Morgan fingerprint density at radius 1 is 1.29 bits per heavy atom. The molecule has 6 nitrogen and oxygen atoms in total. The number of hydrogen-bond acceptors (Lipinski definition) is 4. The molecule has 0 aliphatic heterocycles. The summed E-state index contributed by atoms with van der Waals surface area (Å²) in [5, 5.41) is 10.9. The Morgan fingerprint density at radius 2 is 2.14 bits per heavy atom. The van der Waals surface area contributed by atoms with E-state index in [1.54, 1.807) is 23.0 Å². The molecule has 0 radical (unpaired) electrons. The first-order valence-electron chi connectivity index (χ1n) is 6.74. The van der Waals surface area contributed by atoms with Crippen LogP contribution in [-0.4, -0.2) is 25.9 Å². The first kappa shape index (κ1) is 13.2. The maximum absolute atomic E-state index is 12.2. The number of fused-ring (bicyclic) bond motifs is 1. The molecular formula is C15H15N5O. The summed E-state index contributed by atoms with van der Waals surface area (Å²) in [4.78, 5) is 16.4. The lowest BCUT2D eigenvalue weighted by Gasteiger charge is -2.05. The van der Waals surface area contributed by atoms with Crippen LogP contribution in [0.2, 0.25) is 0 Å². The largest absolute Gasteiger partial charge is 0.307 e. The number of benzene rings is 1. The number of pyridine rings is 1. The smallest absolute Gasteiger partial charge is 0.256 e. The second kappa shape index (κ2) is 5.32. The van der Waals surface area contributed by atoms with Crippen molar-refractivity contribution in [2.24, 2.45) is 0 Å². The van der Waals surface area contributed by atoms with Gasteiger partial charge in [-0.05, 0) is 49.7 Å². The molecule has 1 aromatic carbocycles. The molecule has 106 valence electrons. The van der Waals surface area contributed by atoms with Crippen LogP contribution in [0, 0.1) is 6.92 Å². The van der Waals surface area contributed by atoms with Gasteiger partial charge in [-0.25, -0.2) is 9.67 Å². The van der Waals surface area contributed by atoms with Crippen LogP contribution in [0.15, 0.2) is 36.5 Å². The number of aryl methyl sites for hydroxylation is 2. The number of aromatic nitrogens is 4. The Bertz CT molecular complexity index is 809. The van der Waals surface area contributed by atoms with Gasteiger partial charge >= 0.3 is 0 Å². The van der Waals surface area contributed by atoms with Crippen LogP contribution in [-0.2, 0) is 6.54 Å². The van der Waals surface area contributed by atoms with E-state index in [9.17, 15) is 4.79 Å². The van der Waals surface area contributed by atoms with Gasteiger partial charge in [0.1, 0.15) is 11.3 Å². The average Bonchev–Trinajstić information content (AvgIpc) is 2.89. The number of carbonyl (C=O) groups is 1. The van der Waals surface area contributed by atoms with Gasteiger partial charge in [-0.2, -0.15) is 0 Å². The fraction of sp³-hybridized carbons (Fsp3) is 0.200. The molecule has 1 N–H and O–H groups in total. The third-order valence-electron chi connectivity index (χ3n) is 3.23. The quantitative estimate of drug-likeness (QED) is 0.800. The van der Waals surface area contributed by atoms with Gasteiger partial charge in [0.05, 0.1) is 5.52 Å². The minimum atomic E-state index is -0.207. The first-order chi connectivity index (χ1) is 10.2. The van der Waals surface area contributed by atoms with Crippen LogP contribution in [0.25, 0.3) is 11.0 Å². The van der Waals surface area contributed by atoms with E-state index in [1.165, 1.54) is 0 Å². The maximum Gasteiger partial charge on any atom is 0.256 e. The summed E-state index contributed by atoms with van der Waals surface area (Å²) in [6, 6.07) is 9.06. The number of nitrogens with zero attached hydrogens (tertiary/aromatic N) is 4. The van der Waals surface area contributed by atoms with E-state index in [0.29, 0.717) is 16.9 Å². The van der Waals surface area contributed by atoms with Gasteiger partial charge in [0.25, 0.3) is 5.91 Å². The van der Waals surface area contributed by atoms with Crippen molar-refractivity contribution in [3.8, 4) is 0 Å². The number of amides is 1. The lowest BCUT2D eigenvalue weighted by Crippen LogP contribution is -2.12. The van der Waals surface area contributed by atoms with Crippen molar-refractivity contribution in [1.82, 2.24) is 20.0 Å². The van der Waals surface area contributed by atoms with E-state index < -0.39 is 0 Å². The summed E-state index contributed by atoms with van der Waals surface area (Å²) >= 11 is 0. The van der Waals surface area contributed by atoms with E-state index in [4.69, 9.17) is 0 Å². The number of rotatable bonds is 3. The van der Waals surface area contributed by atoms with Crippen molar-refractivity contribution in [2.45, 2.75) is 20.4 Å². The van der Waals surface area contributed by atoms with Crippen LogP contribution >= 0.6 is 0 Å². The van der Waals surface area contributed by atoms with Gasteiger partial charge in [0.15, 0.2) is 0 Å². The molecule has 0 saturated carbocycles. The molecule has 2 heterocycles. The Labute approximate surface area is 121 Å². The average molecular weight is 281 g/mol. The van der Waals surface area contributed by atoms with E-state index in [2.05, 4.69) is 20.6 Å². The molecule has 3 rings (SSSR count). The van der Waals surface area contributed by atoms with Crippen molar-refractivity contribution in [3.05, 3.63) is 47.7 Å². The molecule has 0 fully saturated rings. The molecule has 0 aliphatic rings. The Balaban J connectivity index is 1.87. The van der Waals surface area contributed by atoms with E-state index >= 15 is 0 Å². The molecule has 0 spiro atoms. The summed E-state index contributed by atoms with van der Waals surface area (Å²) in [7, 11) is 0. The summed E-state index contributed by atoms with van der Waals surface area (Å²) in [6.07, 6.45) is 1.67. The normalized spacial score (nSPS) is 10.8. The highest BCUT2D eigenvalue weighted by molar-refractivity contribution is 6.05. The molecule has 0 atom stereocenters. The second-order valence-corrected chi connectivity index (χ2v) is 4.78. The van der Waals surface area contributed by atoms with Crippen molar-refractivity contribution >= 4 is 22.8 Å². The molecule has 21 heavy (non-hydrogen) atoms. The van der Waals surface area contributed by atoms with Crippen molar-refractivity contribution in [3.63, 3.8) is 0 Å². The molecular weight excluding hydrogens is 266 g/mol. The van der Waals surface area contributed by atoms with Crippen molar-refractivity contribution in [1.29, 1.82) is 0 Å². The third kappa shape index (κ3) is 2.60. The predicted molar refractivity (Wildman–Crippen MR) is 80.1 cm³/mol. The number of anilines is 1. The van der Waals surface area contributed by atoms with Gasteiger partial charge in [0, 0.05) is 18.3 Å². The molecule has 0 bridgehead atoms. The van der Waals surface area contributed by atoms with Crippen molar-refractivity contribution in [2.75, 3.05) is 5.32 Å². The lowest BCUT2D eigenvalue weighted by atomic mass is 10.2. The van der Waals surface area contributed by atoms with Gasteiger partial charge < -0.3 is 5.32 Å². The van der Waals surface area contributed by atoms with Gasteiger partial charge in [-0.1, -0.05) is 5.21 Å². The summed E-state index contributed by atoms with van der Waals surface area (Å²) in [6.45, 7) is 4.69. The fourth-order valence-electron chi connectivity index (χ4n) is 2.14. The summed E-state index contributed by atoms with van der Waals surface area (Å²) in [5.74, 6) is 0.332. The molecule has 1 amide bonds. The van der Waals surface area contributed by atoms with Gasteiger partial charge in [-0.15, -0.1) is 5.10 Å². The highest BCUT2D eigenvalue weighted by atomic mass is 16.1. The Morgan fingerprint density at radius 3 is 2.90 bits per heavy atom. The molecule has 0 aliphatic carbocycles. The minimum absolute atomic E-state index is 0.207. The van der Waals surface area contributed by atoms with Crippen molar-refractivity contribution < 1.29 is 4.79 Å². The van der Waals surface area contributed by atoms with Crippen LogP contribution < -0.4 is 5.32 Å². The van der Waals surface area contributed by atoms with Gasteiger partial charge in [0.2, 0.25) is 0 Å². The maximum atomic E-state index is 12.2. The first-order valence-corrected chi connectivity index (χ1v) is 6.74. The van der Waals surface area contributed by atoms with E-state index in [0.717, 1.165) is 17.6 Å². The molecule has 0 unspecified atom stereocenters. The molecule has 3 aromatic rings. The summed E-state index contributed by atoms with van der Waals surface area (Å²) in [5.41, 5.74) is 3.21. The van der Waals surface area contributed by atoms with Crippen LogP contribution in [0.5, 0.6) is 0 Å². The molecule has 6 heteroatoms. The summed E-state index contributed by atoms with van der Waals surface area (Å²) < 4.78 is 1.79. The van der Waals surface area contributed by atoms with E-state index in [-0.39, 0.29) is 5.91 Å². The Hall–Kier alpha value is -2.76. The monoisotopic (exact) mass is 281 g/mol. The highest BCUT2D eigenvalue weighted by Gasteiger charge is 2.10. The van der Waals surface area contributed by atoms with Crippen LogP contribution in [0.3, 0.4) is 0 Å². The SMILES string of the molecule is CCn1nnc2cc(C(=O)Nc3cc(C)ccn3)ccc21. The standard InChI is InChI=1S/C15H15N5O/c1-3-20-13-5-4-11(9-12(13)18-19-20)15(21)17-14-8-10(2)6-7-16-14/h4-9H,3H2,1-2H3,(H,16,17,21). The highest BCUT2D eigenvalue weighted by Crippen LogP contribution is 2.15. The zero-order chi connectivity index (χ0) is 14.8. The molecule has 0 saturated heterocycles. The molecule has 2 aromatic heterocycles. The minimum Gasteiger partial charge on any atom is -0.307 e. The number of nitrogens with one attached hydrogen (secondary N) is 1. The third-order valence-corrected chi connectivity index (χ3v) is 3.23. The Kier molecular flexibility index (Phi) is 3.35. The zero-order valence-electron chi connectivity index (χ0n) is 11.9. The van der Waals surface area contributed by atoms with Gasteiger partial charge in [-0.3, -0.25) is 4.79 Å². The predicted octanol–water partition coefficient (Wildman–Crippen LogP) is 2.41.